The van der Waals surface area contributed by atoms with E-state index < -0.39 is 309 Å². The molecule has 8 aliphatic heterocycles. The van der Waals surface area contributed by atoms with E-state index in [1.165, 1.54) is 83.1 Å². The summed E-state index contributed by atoms with van der Waals surface area (Å²) in [6.07, 6.45) is 0.109. The zero-order valence-electron chi connectivity index (χ0n) is 92.8. The lowest BCUT2D eigenvalue weighted by Gasteiger charge is -2.41. The molecule has 8 fully saturated rings. The lowest BCUT2D eigenvalue weighted by atomic mass is 9.88. The van der Waals surface area contributed by atoms with Gasteiger partial charge in [-0.2, -0.15) is 0 Å². The summed E-state index contributed by atoms with van der Waals surface area (Å²) in [5.74, 6) is -25.9. The van der Waals surface area contributed by atoms with Crippen LogP contribution in [0.15, 0.2) is 0 Å². The molecule has 0 atom stereocenters. The van der Waals surface area contributed by atoms with E-state index in [1.807, 2.05) is 0 Å². The van der Waals surface area contributed by atoms with Gasteiger partial charge in [0.1, 0.15) is 174 Å². The van der Waals surface area contributed by atoms with Crippen molar-refractivity contribution in [3.63, 3.8) is 0 Å². The molecule has 8 aliphatic rings. The molecule has 0 aromatic rings. The number of esters is 14. The van der Waals surface area contributed by atoms with Crippen LogP contribution in [0.4, 0.5) is 0 Å². The predicted octanol–water partition coefficient (Wildman–Crippen LogP) is 6.41. The summed E-state index contributed by atoms with van der Waals surface area (Å²) >= 11 is 0. The molecule has 149 heavy (non-hydrogen) atoms. The summed E-state index contributed by atoms with van der Waals surface area (Å²) < 4.78 is 177. The van der Waals surface area contributed by atoms with E-state index >= 15 is 33.6 Å². The molecule has 47 nitrogen and oxygen atoms in total. The first kappa shape index (κ1) is 126. The smallest absolute Gasteiger partial charge is 0.318 e. The van der Waals surface area contributed by atoms with Crippen LogP contribution in [0, 0.1) is 81.2 Å². The minimum atomic E-state index is -2.56. The monoisotopic (exact) mass is 2140 g/mol. The van der Waals surface area contributed by atoms with Gasteiger partial charge in [-0.15, -0.1) is 0 Å². The van der Waals surface area contributed by atoms with Crippen molar-refractivity contribution in [3.8, 4) is 0 Å². The van der Waals surface area contributed by atoms with Crippen LogP contribution in [-0.4, -0.2) is 347 Å². The van der Waals surface area contributed by atoms with Crippen molar-refractivity contribution in [2.75, 3.05) is 211 Å². The maximum atomic E-state index is 15.9. The van der Waals surface area contributed by atoms with Crippen molar-refractivity contribution in [1.82, 2.24) is 5.32 Å². The minimum absolute atomic E-state index is 0.00543. The Labute approximate surface area is 870 Å². The van der Waals surface area contributed by atoms with Crippen LogP contribution in [0.25, 0.3) is 0 Å². The van der Waals surface area contributed by atoms with E-state index in [9.17, 15) is 38.4 Å². The third-order valence-electron chi connectivity index (χ3n) is 27.2. The Kier molecular flexibility index (Phi) is 39.6. The van der Waals surface area contributed by atoms with Crippen LogP contribution in [0.1, 0.15) is 221 Å². The molecular formula is C102H162N2O45. The molecule has 47 heteroatoms. The number of rotatable bonds is 46. The van der Waals surface area contributed by atoms with Crippen LogP contribution >= 0.6 is 0 Å². The molecule has 0 aromatic heterocycles. The van der Waals surface area contributed by atoms with Crippen molar-refractivity contribution in [1.29, 1.82) is 0 Å². The van der Waals surface area contributed by atoms with Gasteiger partial charge in [0.05, 0.1) is 106 Å². The first-order chi connectivity index (χ1) is 68.1. The van der Waals surface area contributed by atoms with Crippen molar-refractivity contribution in [2.45, 2.75) is 267 Å². The zero-order valence-corrected chi connectivity index (χ0v) is 92.8. The van der Waals surface area contributed by atoms with Gasteiger partial charge in [-0.25, -0.2) is 0 Å². The average Bonchev–Trinajstić information content (AvgIpc) is 0.737. The van der Waals surface area contributed by atoms with Gasteiger partial charge >= 0.3 is 83.6 Å². The number of hydrogen-bond acceptors (Lipinski definition) is 46. The van der Waals surface area contributed by atoms with E-state index in [2.05, 4.69) is 5.32 Å². The lowest BCUT2D eigenvalue weighted by Crippen LogP contribution is -2.52. The number of carbonyl (C=O) groups excluding carboxylic acids is 15. The van der Waals surface area contributed by atoms with E-state index in [0.717, 1.165) is 20.8 Å². The zero-order chi connectivity index (χ0) is 112. The van der Waals surface area contributed by atoms with Gasteiger partial charge in [-0.1, -0.05) is 0 Å². The van der Waals surface area contributed by atoms with E-state index in [4.69, 9.17) is 148 Å². The SMILES string of the molecule is CC1(C)OCC(C)(C(=O)OCC(C)(COC(=O)C2(C)COC(C)(C)OC2)C(=O)OCC(C)(COC(=O)C(C)(COC(=O)C2(C)COC(C)(C)OC2)COC(=O)C2(C)COC(C)(C)OC2)C(=O)OCC(C)(COC(=O)C(C)(COC(=O)C(C)(COC(=O)C2(C)COC(C)(C)OC2)COC(=O)C2(C)COC(C)(C)OC2)COC(=O)C(C)(COC(=O)C2(C)COC(C)(C)OC2)COC(=O)C2(C)COC(C)(C)OC2)C(=O)NCCCN)CO1. The van der Waals surface area contributed by atoms with Crippen LogP contribution in [-0.2, 0) is 214 Å². The van der Waals surface area contributed by atoms with E-state index in [-0.39, 0.29) is 125 Å². The second-order valence-corrected chi connectivity index (χ2v) is 48.7. The number of amides is 1. The van der Waals surface area contributed by atoms with Gasteiger partial charge in [0, 0.05) is 6.54 Å². The molecule has 0 unspecified atom stereocenters. The van der Waals surface area contributed by atoms with Gasteiger partial charge in [-0.05, 0) is 228 Å². The maximum Gasteiger partial charge on any atom is 0.318 e. The number of nitrogens with two attached hydrogens (primary N) is 1. The summed E-state index contributed by atoms with van der Waals surface area (Å²) in [6, 6.07) is 0. The number of hydrogen-bond donors (Lipinski definition) is 2. The summed E-state index contributed by atoms with van der Waals surface area (Å²) in [6.45, 7) is 27.6. The number of ether oxygens (including phenoxy) is 30. The number of carbonyl (C=O) groups is 15. The maximum absolute atomic E-state index is 15.9. The second-order valence-electron chi connectivity index (χ2n) is 48.7. The molecule has 8 heterocycles. The van der Waals surface area contributed by atoms with Crippen LogP contribution in [0.2, 0.25) is 0 Å². The molecule has 1 amide bonds. The summed E-state index contributed by atoms with van der Waals surface area (Å²) in [4.78, 5) is 223. The lowest BCUT2D eigenvalue weighted by molar-refractivity contribution is -0.283. The largest absolute Gasteiger partial charge is 0.464 e. The van der Waals surface area contributed by atoms with Gasteiger partial charge in [0.2, 0.25) is 5.91 Å². The molecule has 8 rings (SSSR count). The second kappa shape index (κ2) is 47.0. The molecule has 8 saturated heterocycles. The fourth-order valence-electron chi connectivity index (χ4n) is 14.2. The van der Waals surface area contributed by atoms with Crippen LogP contribution in [0.3, 0.4) is 0 Å². The molecule has 3 N–H and O–H groups in total. The normalized spacial score (nSPS) is 22.6. The fourth-order valence-corrected chi connectivity index (χ4v) is 14.2. The van der Waals surface area contributed by atoms with Crippen molar-refractivity contribution < 1.29 is 214 Å². The Morgan fingerprint density at radius 3 is 0.416 bits per heavy atom. The highest BCUT2D eigenvalue weighted by molar-refractivity contribution is 5.88. The Balaban J connectivity index is 1.19. The first-order valence-corrected chi connectivity index (χ1v) is 49.7. The number of nitrogens with one attached hydrogen (secondary N) is 1. The van der Waals surface area contributed by atoms with Crippen LogP contribution in [0.5, 0.6) is 0 Å². The molecule has 0 bridgehead atoms. The highest BCUT2D eigenvalue weighted by Gasteiger charge is 2.58. The molecule has 0 radical (unpaired) electrons. The predicted molar refractivity (Wildman–Crippen MR) is 510 cm³/mol. The summed E-state index contributed by atoms with van der Waals surface area (Å²) in [5.41, 5.74) is -22.5. The highest BCUT2D eigenvalue weighted by Crippen LogP contribution is 2.44. The minimum Gasteiger partial charge on any atom is -0.464 e. The van der Waals surface area contributed by atoms with Crippen molar-refractivity contribution >= 4 is 89.5 Å². The molecular weight excluding hydrogens is 1970 g/mol. The average molecular weight is 2140 g/mol. The van der Waals surface area contributed by atoms with Gasteiger partial charge in [-0.3, -0.25) is 71.9 Å². The highest BCUT2D eigenvalue weighted by atomic mass is 16.8. The van der Waals surface area contributed by atoms with Crippen molar-refractivity contribution in [3.05, 3.63) is 0 Å². The molecule has 0 spiro atoms. The van der Waals surface area contributed by atoms with Gasteiger partial charge < -0.3 is 153 Å². The fraction of sp³-hybridized carbons (Fsp3) is 0.853. The Bertz CT molecular complexity index is 4000. The Morgan fingerprint density at radius 2 is 0.302 bits per heavy atom. The van der Waals surface area contributed by atoms with E-state index in [1.54, 1.807) is 111 Å². The Hall–Kier alpha value is -8.63. The molecule has 0 aliphatic carbocycles. The molecule has 0 aromatic carbocycles. The molecule has 0 saturated carbocycles. The van der Waals surface area contributed by atoms with Crippen molar-refractivity contribution in [2.24, 2.45) is 87.0 Å². The third-order valence-corrected chi connectivity index (χ3v) is 27.2. The first-order valence-electron chi connectivity index (χ1n) is 49.7. The van der Waals surface area contributed by atoms with Gasteiger partial charge in [0.25, 0.3) is 0 Å². The summed E-state index contributed by atoms with van der Waals surface area (Å²) in [7, 11) is 0. The van der Waals surface area contributed by atoms with Crippen LogP contribution < -0.4 is 11.1 Å². The topological polar surface area (TPSA) is 571 Å². The molecule has 850 valence electrons. The van der Waals surface area contributed by atoms with E-state index in [0.29, 0.717) is 0 Å². The quantitative estimate of drug-likeness (QED) is 0.0377. The Morgan fingerprint density at radius 1 is 0.195 bits per heavy atom. The van der Waals surface area contributed by atoms with Gasteiger partial charge in [0.15, 0.2) is 46.3 Å². The summed E-state index contributed by atoms with van der Waals surface area (Å²) in [5, 5.41) is 2.67. The standard InChI is InChI=1S/C102H162N2O45/c1-80(2)134-49-95(24,50-135-80)72(112)126-41-91(20,42-127-73(113)96(25)51-136-81(3,4)137-52-96)68(108)122-37-89(18,38-123-69(109)92(21,43-128-74(114)97(26)53-138-82(5,6)139-54-97)44-129-75(115)98(27)55-140-83(7,8)141-56-98)66(106)120-35-88(17,65(105)104-34-32-33-103)36-121-67(107)90(19,39-124-70(110)93(22,45-130-76(116)99(28)57-142-84(9,10)143-58-99)46-131-77(117)100(29)59-144-85(11,12)145-60-100)40-125-71(111)94(23,47-132-78(118)101(30)61-146-86(13,14)147-62-101)48-133-79(119)102(31)63-148-87(15,16)149-64-102/h32-64,103H2,1-31H3,(H,104,105). The third kappa shape index (κ3) is 33.0.